The molecule has 0 spiro atoms. The number of benzene rings is 2. The fraction of sp³-hybridized carbons (Fsp3) is 0.409. The number of aryl methyl sites for hydroxylation is 2. The van der Waals surface area contributed by atoms with Crippen LogP contribution in [0.2, 0.25) is 0 Å². The molecule has 1 fully saturated rings. The highest BCUT2D eigenvalue weighted by Crippen LogP contribution is 2.23. The highest BCUT2D eigenvalue weighted by atomic mass is 16.1. The van der Waals surface area contributed by atoms with E-state index in [1.165, 1.54) is 18.5 Å². The molecule has 1 heterocycles. The van der Waals surface area contributed by atoms with Crippen molar-refractivity contribution in [1.82, 2.24) is 5.32 Å². The van der Waals surface area contributed by atoms with Gasteiger partial charge in [-0.3, -0.25) is 4.79 Å². The third kappa shape index (κ3) is 4.41. The number of anilines is 1. The van der Waals surface area contributed by atoms with Crippen LogP contribution in [0, 0.1) is 19.8 Å². The van der Waals surface area contributed by atoms with E-state index in [4.69, 9.17) is 0 Å². The molecule has 2 aromatic carbocycles. The monoisotopic (exact) mass is 336 g/mol. The van der Waals surface area contributed by atoms with Gasteiger partial charge in [0.15, 0.2) is 0 Å². The van der Waals surface area contributed by atoms with E-state index in [0.717, 1.165) is 41.3 Å². The summed E-state index contributed by atoms with van der Waals surface area (Å²) in [5.74, 6) is 0.764. The minimum atomic E-state index is -0.00451. The van der Waals surface area contributed by atoms with Crippen LogP contribution < -0.4 is 10.2 Å². The van der Waals surface area contributed by atoms with Crippen LogP contribution >= 0.6 is 0 Å². The number of rotatable bonds is 4. The topological polar surface area (TPSA) is 32.3 Å². The standard InChI is InChI=1S/C22H28N2O/c1-16-6-7-18(3)21(13-16)22(25)23-14-19-8-10-20(11-9-19)24-12-4-5-17(2)15-24/h6-11,13,17H,4-5,12,14-15H2,1-3H3,(H,23,25)/t17-/m1/s1. The van der Waals surface area contributed by atoms with Gasteiger partial charge in [0.2, 0.25) is 0 Å². The number of hydrogen-bond acceptors (Lipinski definition) is 2. The molecule has 0 saturated carbocycles. The van der Waals surface area contributed by atoms with Gasteiger partial charge in [-0.15, -0.1) is 0 Å². The van der Waals surface area contributed by atoms with Crippen LogP contribution in [0.4, 0.5) is 5.69 Å². The summed E-state index contributed by atoms with van der Waals surface area (Å²) in [5, 5.41) is 3.04. The summed E-state index contributed by atoms with van der Waals surface area (Å²) >= 11 is 0. The number of nitrogens with one attached hydrogen (secondary N) is 1. The van der Waals surface area contributed by atoms with Crippen molar-refractivity contribution in [2.24, 2.45) is 5.92 Å². The second-order valence-electron chi connectivity index (χ2n) is 7.36. The van der Waals surface area contributed by atoms with Crippen molar-refractivity contribution in [1.29, 1.82) is 0 Å². The molecule has 0 aromatic heterocycles. The summed E-state index contributed by atoms with van der Waals surface area (Å²) in [4.78, 5) is 14.9. The molecule has 3 rings (SSSR count). The lowest BCUT2D eigenvalue weighted by molar-refractivity contribution is 0.0950. The first-order valence-corrected chi connectivity index (χ1v) is 9.22. The zero-order valence-electron chi connectivity index (χ0n) is 15.5. The molecule has 0 unspecified atom stereocenters. The van der Waals surface area contributed by atoms with Crippen molar-refractivity contribution >= 4 is 11.6 Å². The molecule has 0 bridgehead atoms. The van der Waals surface area contributed by atoms with E-state index in [1.54, 1.807) is 0 Å². The number of carbonyl (C=O) groups is 1. The Bertz CT molecular complexity index is 736. The third-order valence-corrected chi connectivity index (χ3v) is 5.05. The lowest BCUT2D eigenvalue weighted by Gasteiger charge is -2.32. The summed E-state index contributed by atoms with van der Waals surface area (Å²) < 4.78 is 0. The zero-order valence-corrected chi connectivity index (χ0v) is 15.5. The number of piperidine rings is 1. The molecular weight excluding hydrogens is 308 g/mol. The summed E-state index contributed by atoms with van der Waals surface area (Å²) in [6.45, 7) is 9.15. The van der Waals surface area contributed by atoms with Gasteiger partial charge in [0.25, 0.3) is 5.91 Å². The first-order valence-electron chi connectivity index (χ1n) is 9.22. The van der Waals surface area contributed by atoms with E-state index in [2.05, 4.69) is 41.4 Å². The molecule has 1 aliphatic rings. The maximum Gasteiger partial charge on any atom is 0.251 e. The molecule has 1 N–H and O–H groups in total. The van der Waals surface area contributed by atoms with Gasteiger partial charge in [0.1, 0.15) is 0 Å². The average molecular weight is 336 g/mol. The van der Waals surface area contributed by atoms with Crippen molar-refractivity contribution in [3.63, 3.8) is 0 Å². The Morgan fingerprint density at radius 3 is 2.64 bits per heavy atom. The zero-order chi connectivity index (χ0) is 17.8. The molecule has 0 aliphatic carbocycles. The Hall–Kier alpha value is -2.29. The predicted octanol–water partition coefficient (Wildman–Crippen LogP) is 4.47. The molecule has 3 heteroatoms. The normalized spacial score (nSPS) is 17.4. The molecule has 132 valence electrons. The van der Waals surface area contributed by atoms with Crippen molar-refractivity contribution in [2.75, 3.05) is 18.0 Å². The molecule has 1 saturated heterocycles. The summed E-state index contributed by atoms with van der Waals surface area (Å²) in [5.41, 5.74) is 5.30. The van der Waals surface area contributed by atoms with Crippen LogP contribution in [0.15, 0.2) is 42.5 Å². The van der Waals surface area contributed by atoms with Gasteiger partial charge in [0, 0.05) is 30.9 Å². The fourth-order valence-corrected chi connectivity index (χ4v) is 3.51. The highest BCUT2D eigenvalue weighted by Gasteiger charge is 2.16. The van der Waals surface area contributed by atoms with E-state index in [0.29, 0.717) is 6.54 Å². The Kier molecular flexibility index (Phi) is 5.42. The predicted molar refractivity (Wildman–Crippen MR) is 104 cm³/mol. The smallest absolute Gasteiger partial charge is 0.251 e. The van der Waals surface area contributed by atoms with Gasteiger partial charge in [-0.25, -0.2) is 0 Å². The van der Waals surface area contributed by atoms with E-state index in [1.807, 2.05) is 32.0 Å². The van der Waals surface area contributed by atoms with Gasteiger partial charge in [-0.1, -0.05) is 36.8 Å². The molecule has 2 aromatic rings. The van der Waals surface area contributed by atoms with Crippen molar-refractivity contribution < 1.29 is 4.79 Å². The minimum Gasteiger partial charge on any atom is -0.371 e. The SMILES string of the molecule is Cc1ccc(C)c(C(=O)NCc2ccc(N3CCC[C@@H](C)C3)cc2)c1. The first kappa shape index (κ1) is 17.5. The highest BCUT2D eigenvalue weighted by molar-refractivity contribution is 5.95. The summed E-state index contributed by atoms with van der Waals surface area (Å²) in [6, 6.07) is 14.6. The van der Waals surface area contributed by atoms with Gasteiger partial charge >= 0.3 is 0 Å². The lowest BCUT2D eigenvalue weighted by atomic mass is 9.99. The Morgan fingerprint density at radius 1 is 1.16 bits per heavy atom. The van der Waals surface area contributed by atoms with Gasteiger partial charge in [-0.05, 0) is 61.9 Å². The van der Waals surface area contributed by atoms with Gasteiger partial charge in [-0.2, -0.15) is 0 Å². The van der Waals surface area contributed by atoms with Gasteiger partial charge < -0.3 is 10.2 Å². The van der Waals surface area contributed by atoms with Gasteiger partial charge in [0.05, 0.1) is 0 Å². The average Bonchev–Trinajstić information content (AvgIpc) is 2.62. The van der Waals surface area contributed by atoms with Crippen LogP contribution in [-0.4, -0.2) is 19.0 Å². The quantitative estimate of drug-likeness (QED) is 0.893. The number of hydrogen-bond donors (Lipinski definition) is 1. The van der Waals surface area contributed by atoms with Crippen molar-refractivity contribution in [3.05, 3.63) is 64.7 Å². The third-order valence-electron chi connectivity index (χ3n) is 5.05. The Morgan fingerprint density at radius 2 is 1.92 bits per heavy atom. The molecular formula is C22H28N2O. The largest absolute Gasteiger partial charge is 0.371 e. The maximum absolute atomic E-state index is 12.4. The molecule has 1 aliphatic heterocycles. The number of carbonyl (C=O) groups excluding carboxylic acids is 1. The Balaban J connectivity index is 1.60. The van der Waals surface area contributed by atoms with E-state index >= 15 is 0 Å². The Labute approximate surface area is 151 Å². The minimum absolute atomic E-state index is 0.00451. The van der Waals surface area contributed by atoms with Crippen LogP contribution in [0.3, 0.4) is 0 Å². The maximum atomic E-state index is 12.4. The summed E-state index contributed by atoms with van der Waals surface area (Å²) in [6.07, 6.45) is 2.60. The second-order valence-corrected chi connectivity index (χ2v) is 7.36. The van der Waals surface area contributed by atoms with E-state index < -0.39 is 0 Å². The van der Waals surface area contributed by atoms with Crippen LogP contribution in [0.5, 0.6) is 0 Å². The number of amides is 1. The summed E-state index contributed by atoms with van der Waals surface area (Å²) in [7, 11) is 0. The second kappa shape index (κ2) is 7.73. The molecule has 0 radical (unpaired) electrons. The van der Waals surface area contributed by atoms with Crippen molar-refractivity contribution in [2.45, 2.75) is 40.2 Å². The van der Waals surface area contributed by atoms with E-state index in [9.17, 15) is 4.79 Å². The fourth-order valence-electron chi connectivity index (χ4n) is 3.51. The molecule has 1 amide bonds. The van der Waals surface area contributed by atoms with Crippen molar-refractivity contribution in [3.8, 4) is 0 Å². The van der Waals surface area contributed by atoms with E-state index in [-0.39, 0.29) is 5.91 Å². The molecule has 25 heavy (non-hydrogen) atoms. The molecule has 3 nitrogen and oxygen atoms in total. The molecule has 1 atom stereocenters. The lowest BCUT2D eigenvalue weighted by Crippen LogP contribution is -2.34. The first-order chi connectivity index (χ1) is 12.0. The van der Waals surface area contributed by atoms with Crippen LogP contribution in [-0.2, 0) is 6.54 Å². The van der Waals surface area contributed by atoms with Crippen LogP contribution in [0.25, 0.3) is 0 Å². The van der Waals surface area contributed by atoms with Crippen LogP contribution in [0.1, 0.15) is 46.8 Å². The number of nitrogens with zero attached hydrogens (tertiary/aromatic N) is 1.